The van der Waals surface area contributed by atoms with Crippen LogP contribution in [0.2, 0.25) is 0 Å². The molecule has 0 bridgehead atoms. The van der Waals surface area contributed by atoms with E-state index in [1.807, 2.05) is 18.2 Å². The van der Waals surface area contributed by atoms with Gasteiger partial charge in [-0.3, -0.25) is 14.9 Å². The molecular formula is C17H17N5O2S. The second-order valence-corrected chi connectivity index (χ2v) is 7.31. The van der Waals surface area contributed by atoms with Crippen molar-refractivity contribution >= 4 is 45.4 Å². The van der Waals surface area contributed by atoms with Crippen molar-refractivity contribution < 1.29 is 9.59 Å². The van der Waals surface area contributed by atoms with Crippen molar-refractivity contribution in [2.45, 2.75) is 18.9 Å². The lowest BCUT2D eigenvalue weighted by Crippen LogP contribution is -2.38. The summed E-state index contributed by atoms with van der Waals surface area (Å²) in [7, 11) is 1.76. The SMILES string of the molecule is CN1CC[C@](C)(N=C2NC(=O)/C(=C/c3ccc4ncsc4c3)N2)C1=O. The van der Waals surface area contributed by atoms with E-state index in [2.05, 4.69) is 20.6 Å². The van der Waals surface area contributed by atoms with E-state index < -0.39 is 5.54 Å². The highest BCUT2D eigenvalue weighted by Gasteiger charge is 2.42. The largest absolute Gasteiger partial charge is 0.344 e. The Kier molecular flexibility index (Phi) is 3.57. The van der Waals surface area contributed by atoms with Crippen molar-refractivity contribution in [2.24, 2.45) is 4.99 Å². The maximum atomic E-state index is 12.2. The van der Waals surface area contributed by atoms with Crippen LogP contribution in [0.5, 0.6) is 0 Å². The third-order valence-electron chi connectivity index (χ3n) is 4.50. The first-order valence-corrected chi connectivity index (χ1v) is 8.81. The molecule has 2 amide bonds. The fourth-order valence-corrected chi connectivity index (χ4v) is 3.76. The molecule has 2 aliphatic heterocycles. The molecule has 2 fully saturated rings. The normalized spacial score (nSPS) is 26.7. The van der Waals surface area contributed by atoms with Crippen LogP contribution in [0.3, 0.4) is 0 Å². The zero-order valence-corrected chi connectivity index (χ0v) is 14.7. The number of carbonyl (C=O) groups excluding carboxylic acids is 2. The number of aliphatic imine (C=N–C) groups is 1. The molecule has 25 heavy (non-hydrogen) atoms. The first kappa shape index (κ1) is 15.8. The number of hydrogen-bond donors (Lipinski definition) is 2. The van der Waals surface area contributed by atoms with Gasteiger partial charge < -0.3 is 10.2 Å². The van der Waals surface area contributed by atoms with E-state index in [1.165, 1.54) is 0 Å². The quantitative estimate of drug-likeness (QED) is 0.796. The van der Waals surface area contributed by atoms with Crippen LogP contribution in [0, 0.1) is 0 Å². The number of guanidine groups is 1. The molecule has 128 valence electrons. The Morgan fingerprint density at radius 1 is 1.36 bits per heavy atom. The van der Waals surface area contributed by atoms with E-state index >= 15 is 0 Å². The number of likely N-dealkylation sites (N-methyl/N-ethyl adjacent to an activating group) is 1. The molecule has 7 nitrogen and oxygen atoms in total. The van der Waals surface area contributed by atoms with Crippen LogP contribution in [-0.2, 0) is 9.59 Å². The minimum absolute atomic E-state index is 0.0378. The highest BCUT2D eigenvalue weighted by atomic mass is 32.1. The predicted octanol–water partition coefficient (Wildman–Crippen LogP) is 1.33. The molecule has 2 aromatic rings. The van der Waals surface area contributed by atoms with E-state index in [0.717, 1.165) is 15.8 Å². The van der Waals surface area contributed by atoms with Gasteiger partial charge in [-0.15, -0.1) is 11.3 Å². The van der Waals surface area contributed by atoms with Gasteiger partial charge in [0.1, 0.15) is 11.2 Å². The van der Waals surface area contributed by atoms with Crippen molar-refractivity contribution in [3.8, 4) is 0 Å². The number of nitrogens with zero attached hydrogens (tertiary/aromatic N) is 3. The zero-order chi connectivity index (χ0) is 17.6. The summed E-state index contributed by atoms with van der Waals surface area (Å²) in [5, 5.41) is 5.68. The standard InChI is InChI=1S/C17H17N5O2S/c1-17(5-6-22(2)15(17)24)21-16-19-12(14(23)20-16)7-10-3-4-11-13(8-10)25-9-18-11/h3-4,7-9H,5-6H2,1-2H3,(H2,19,20,21,23)/b12-7-/t17-/m0/s1. The van der Waals surface area contributed by atoms with Gasteiger partial charge in [0.05, 0.1) is 15.7 Å². The van der Waals surface area contributed by atoms with Crippen LogP contribution >= 0.6 is 11.3 Å². The molecule has 0 spiro atoms. The number of hydrogen-bond acceptors (Lipinski definition) is 5. The molecule has 2 N–H and O–H groups in total. The summed E-state index contributed by atoms with van der Waals surface area (Å²) >= 11 is 1.55. The van der Waals surface area contributed by atoms with Gasteiger partial charge in [0.2, 0.25) is 11.9 Å². The first-order valence-electron chi connectivity index (χ1n) is 7.93. The van der Waals surface area contributed by atoms with Crippen LogP contribution in [0.4, 0.5) is 0 Å². The Morgan fingerprint density at radius 2 is 2.20 bits per heavy atom. The Morgan fingerprint density at radius 3 is 2.96 bits per heavy atom. The van der Waals surface area contributed by atoms with Gasteiger partial charge in [0, 0.05) is 13.6 Å². The van der Waals surface area contributed by atoms with Crippen molar-refractivity contribution in [2.75, 3.05) is 13.6 Å². The van der Waals surface area contributed by atoms with E-state index in [9.17, 15) is 9.59 Å². The van der Waals surface area contributed by atoms with Crippen LogP contribution < -0.4 is 10.6 Å². The smallest absolute Gasteiger partial charge is 0.274 e. The molecule has 3 heterocycles. The van der Waals surface area contributed by atoms with Crippen LogP contribution in [0.25, 0.3) is 16.3 Å². The summed E-state index contributed by atoms with van der Waals surface area (Å²) < 4.78 is 1.06. The van der Waals surface area contributed by atoms with Crippen molar-refractivity contribution in [3.63, 3.8) is 0 Å². The Balaban J connectivity index is 1.59. The average molecular weight is 355 g/mol. The highest BCUT2D eigenvalue weighted by Crippen LogP contribution is 2.26. The summed E-state index contributed by atoms with van der Waals surface area (Å²) in [6, 6.07) is 5.82. The number of amides is 2. The first-order chi connectivity index (χ1) is 11.9. The number of aromatic nitrogens is 1. The van der Waals surface area contributed by atoms with E-state index in [4.69, 9.17) is 0 Å². The molecule has 2 aliphatic rings. The van der Waals surface area contributed by atoms with Gasteiger partial charge in [0.15, 0.2) is 0 Å². The molecule has 0 saturated carbocycles. The topological polar surface area (TPSA) is 86.7 Å². The summed E-state index contributed by atoms with van der Waals surface area (Å²) in [5.41, 5.74) is 3.21. The lowest BCUT2D eigenvalue weighted by molar-refractivity contribution is -0.130. The van der Waals surface area contributed by atoms with Crippen molar-refractivity contribution in [1.82, 2.24) is 20.5 Å². The number of likely N-dealkylation sites (tertiary alicyclic amines) is 1. The summed E-state index contributed by atoms with van der Waals surface area (Å²) in [5.74, 6) is 0.0240. The fourth-order valence-electron chi connectivity index (χ4n) is 3.03. The molecule has 1 aromatic heterocycles. The maximum Gasteiger partial charge on any atom is 0.274 e. The van der Waals surface area contributed by atoms with Gasteiger partial charge in [-0.1, -0.05) is 6.07 Å². The monoisotopic (exact) mass is 355 g/mol. The molecular weight excluding hydrogens is 338 g/mol. The van der Waals surface area contributed by atoms with Gasteiger partial charge in [0.25, 0.3) is 5.91 Å². The van der Waals surface area contributed by atoms with Gasteiger partial charge in [-0.2, -0.15) is 0 Å². The van der Waals surface area contributed by atoms with Crippen molar-refractivity contribution in [3.05, 3.63) is 35.0 Å². The second-order valence-electron chi connectivity index (χ2n) is 6.43. The Labute approximate surface area is 148 Å². The van der Waals surface area contributed by atoms with Crippen LogP contribution in [0.1, 0.15) is 18.9 Å². The molecule has 0 aliphatic carbocycles. The van der Waals surface area contributed by atoms with E-state index in [0.29, 0.717) is 24.6 Å². The highest BCUT2D eigenvalue weighted by molar-refractivity contribution is 7.16. The molecule has 4 rings (SSSR count). The lowest BCUT2D eigenvalue weighted by atomic mass is 10.0. The minimum Gasteiger partial charge on any atom is -0.344 e. The number of nitrogens with one attached hydrogen (secondary N) is 2. The maximum absolute atomic E-state index is 12.2. The molecule has 0 radical (unpaired) electrons. The van der Waals surface area contributed by atoms with Crippen LogP contribution in [-0.4, -0.2) is 46.8 Å². The molecule has 0 unspecified atom stereocenters. The van der Waals surface area contributed by atoms with Gasteiger partial charge >= 0.3 is 0 Å². The summed E-state index contributed by atoms with van der Waals surface area (Å²) in [6.07, 6.45) is 2.40. The number of fused-ring (bicyclic) bond motifs is 1. The third kappa shape index (κ3) is 2.78. The predicted molar refractivity (Wildman–Crippen MR) is 97.0 cm³/mol. The number of rotatable bonds is 2. The molecule has 1 aromatic carbocycles. The molecule has 2 saturated heterocycles. The third-order valence-corrected chi connectivity index (χ3v) is 5.29. The molecule has 1 atom stereocenters. The minimum atomic E-state index is -0.832. The number of carbonyl (C=O) groups is 2. The Hall–Kier alpha value is -2.74. The van der Waals surface area contributed by atoms with E-state index in [-0.39, 0.29) is 11.8 Å². The van der Waals surface area contributed by atoms with Gasteiger partial charge in [-0.25, -0.2) is 9.98 Å². The number of benzene rings is 1. The second kappa shape index (κ2) is 5.66. The fraction of sp³-hybridized carbons (Fsp3) is 0.294. The lowest BCUT2D eigenvalue weighted by Gasteiger charge is -2.17. The van der Waals surface area contributed by atoms with Crippen LogP contribution in [0.15, 0.2) is 34.4 Å². The average Bonchev–Trinajstić information content (AvgIpc) is 3.24. The van der Waals surface area contributed by atoms with Crippen molar-refractivity contribution in [1.29, 1.82) is 0 Å². The Bertz CT molecular complexity index is 947. The molecule has 8 heteroatoms. The zero-order valence-electron chi connectivity index (χ0n) is 13.9. The number of thiazole rings is 1. The summed E-state index contributed by atoms with van der Waals surface area (Å²) in [6.45, 7) is 2.46. The van der Waals surface area contributed by atoms with E-state index in [1.54, 1.807) is 41.8 Å². The van der Waals surface area contributed by atoms with Gasteiger partial charge in [-0.05, 0) is 37.1 Å². The summed E-state index contributed by atoms with van der Waals surface area (Å²) in [4.78, 5) is 34.8.